The lowest BCUT2D eigenvalue weighted by molar-refractivity contribution is -0.144. The Morgan fingerprint density at radius 1 is 1.50 bits per heavy atom. The van der Waals surface area contributed by atoms with Crippen molar-refractivity contribution in [2.24, 2.45) is 11.8 Å². The van der Waals surface area contributed by atoms with Crippen molar-refractivity contribution in [3.8, 4) is 0 Å². The highest BCUT2D eigenvalue weighted by atomic mass is 16.5. The fraction of sp³-hybridized carbons (Fsp3) is 0.909. The monoisotopic (exact) mass is 199 g/mol. The lowest BCUT2D eigenvalue weighted by Gasteiger charge is -2.29. The molecule has 1 aliphatic rings. The maximum Gasteiger partial charge on any atom is 0.322 e. The molecule has 0 aliphatic carbocycles. The van der Waals surface area contributed by atoms with Crippen molar-refractivity contribution in [2.75, 3.05) is 13.7 Å². The number of esters is 1. The second-order valence-corrected chi connectivity index (χ2v) is 4.56. The molecule has 1 saturated heterocycles. The second kappa shape index (κ2) is 5.35. The summed E-state index contributed by atoms with van der Waals surface area (Å²) < 4.78 is 4.70. The van der Waals surface area contributed by atoms with Crippen molar-refractivity contribution < 1.29 is 9.53 Å². The summed E-state index contributed by atoms with van der Waals surface area (Å²) in [6.07, 6.45) is 3.32. The molecule has 0 aromatic rings. The summed E-state index contributed by atoms with van der Waals surface area (Å²) in [5, 5.41) is 3.25. The van der Waals surface area contributed by atoms with Gasteiger partial charge in [0, 0.05) is 0 Å². The standard InChI is InChI=1S/C11H21NO2/c1-8(2)6-9-4-5-10(12-7-9)11(13)14-3/h8-10,12H,4-7H2,1-3H3. The summed E-state index contributed by atoms with van der Waals surface area (Å²) in [7, 11) is 1.45. The quantitative estimate of drug-likeness (QED) is 0.701. The van der Waals surface area contributed by atoms with Crippen LogP contribution in [0.2, 0.25) is 0 Å². The Hall–Kier alpha value is -0.570. The van der Waals surface area contributed by atoms with E-state index in [4.69, 9.17) is 4.74 Å². The molecule has 0 amide bonds. The van der Waals surface area contributed by atoms with Crippen LogP contribution in [0.4, 0.5) is 0 Å². The van der Waals surface area contributed by atoms with Crippen LogP contribution < -0.4 is 5.32 Å². The zero-order chi connectivity index (χ0) is 10.6. The van der Waals surface area contributed by atoms with Crippen molar-refractivity contribution in [3.63, 3.8) is 0 Å². The van der Waals surface area contributed by atoms with Crippen LogP contribution in [0.15, 0.2) is 0 Å². The van der Waals surface area contributed by atoms with Crippen LogP contribution in [0.3, 0.4) is 0 Å². The van der Waals surface area contributed by atoms with Gasteiger partial charge in [0.15, 0.2) is 0 Å². The van der Waals surface area contributed by atoms with Gasteiger partial charge in [-0.2, -0.15) is 0 Å². The van der Waals surface area contributed by atoms with E-state index in [0.29, 0.717) is 0 Å². The molecule has 3 heteroatoms. The van der Waals surface area contributed by atoms with E-state index in [1.807, 2.05) is 0 Å². The molecule has 0 saturated carbocycles. The Kier molecular flexibility index (Phi) is 4.39. The molecule has 0 aromatic carbocycles. The molecule has 0 aromatic heterocycles. The number of carbonyl (C=O) groups is 1. The van der Waals surface area contributed by atoms with Gasteiger partial charge >= 0.3 is 5.97 Å². The molecule has 1 heterocycles. The van der Waals surface area contributed by atoms with Gasteiger partial charge in [-0.25, -0.2) is 0 Å². The number of carbonyl (C=O) groups excluding carboxylic acids is 1. The maximum absolute atomic E-state index is 11.2. The Morgan fingerprint density at radius 3 is 2.64 bits per heavy atom. The molecule has 0 bridgehead atoms. The third-order valence-electron chi connectivity index (χ3n) is 2.81. The summed E-state index contributed by atoms with van der Waals surface area (Å²) in [4.78, 5) is 11.2. The second-order valence-electron chi connectivity index (χ2n) is 4.56. The summed E-state index contributed by atoms with van der Waals surface area (Å²) in [5.74, 6) is 1.36. The molecule has 0 radical (unpaired) electrons. The minimum atomic E-state index is -0.118. The van der Waals surface area contributed by atoms with E-state index < -0.39 is 0 Å². The molecule has 0 spiro atoms. The highest BCUT2D eigenvalue weighted by molar-refractivity contribution is 5.75. The van der Waals surface area contributed by atoms with E-state index in [1.165, 1.54) is 13.5 Å². The molecule has 1 aliphatic heterocycles. The molecule has 14 heavy (non-hydrogen) atoms. The first kappa shape index (κ1) is 11.5. The van der Waals surface area contributed by atoms with Gasteiger partial charge in [-0.15, -0.1) is 0 Å². The van der Waals surface area contributed by atoms with E-state index in [2.05, 4.69) is 19.2 Å². The lowest BCUT2D eigenvalue weighted by Crippen LogP contribution is -2.44. The van der Waals surface area contributed by atoms with E-state index in [1.54, 1.807) is 0 Å². The van der Waals surface area contributed by atoms with Gasteiger partial charge in [0.1, 0.15) is 6.04 Å². The number of piperidine rings is 1. The summed E-state index contributed by atoms with van der Waals surface area (Å²) >= 11 is 0. The first-order chi connectivity index (χ1) is 6.63. The van der Waals surface area contributed by atoms with Gasteiger partial charge < -0.3 is 10.1 Å². The van der Waals surface area contributed by atoms with Crippen molar-refractivity contribution in [2.45, 2.75) is 39.2 Å². The minimum absolute atomic E-state index is 0.0663. The first-order valence-electron chi connectivity index (χ1n) is 5.44. The molecular weight excluding hydrogens is 178 g/mol. The van der Waals surface area contributed by atoms with Crippen LogP contribution in [0, 0.1) is 11.8 Å². The number of ether oxygens (including phenoxy) is 1. The van der Waals surface area contributed by atoms with Crippen molar-refractivity contribution in [1.82, 2.24) is 5.32 Å². The van der Waals surface area contributed by atoms with Gasteiger partial charge in [0.05, 0.1) is 7.11 Å². The SMILES string of the molecule is COC(=O)C1CCC(CC(C)C)CN1. The highest BCUT2D eigenvalue weighted by Crippen LogP contribution is 2.21. The fourth-order valence-corrected chi connectivity index (χ4v) is 2.13. The Bertz CT molecular complexity index is 184. The highest BCUT2D eigenvalue weighted by Gasteiger charge is 2.26. The number of rotatable bonds is 3. The number of hydrogen-bond donors (Lipinski definition) is 1. The molecule has 82 valence electrons. The van der Waals surface area contributed by atoms with Gasteiger partial charge in [-0.1, -0.05) is 13.8 Å². The fourth-order valence-electron chi connectivity index (χ4n) is 2.13. The van der Waals surface area contributed by atoms with Crippen molar-refractivity contribution in [1.29, 1.82) is 0 Å². The van der Waals surface area contributed by atoms with Gasteiger partial charge in [0.2, 0.25) is 0 Å². The van der Waals surface area contributed by atoms with E-state index >= 15 is 0 Å². The molecular formula is C11H21NO2. The van der Waals surface area contributed by atoms with E-state index in [0.717, 1.165) is 31.2 Å². The normalized spacial score (nSPS) is 27.7. The van der Waals surface area contributed by atoms with E-state index in [-0.39, 0.29) is 12.0 Å². The molecule has 2 atom stereocenters. The summed E-state index contributed by atoms with van der Waals surface area (Å²) in [6.45, 7) is 5.44. The number of methoxy groups -OCH3 is 1. The molecule has 1 fully saturated rings. The van der Waals surface area contributed by atoms with Gasteiger partial charge in [0.25, 0.3) is 0 Å². The van der Waals surface area contributed by atoms with Crippen molar-refractivity contribution >= 4 is 5.97 Å². The van der Waals surface area contributed by atoms with Crippen LogP contribution in [0.25, 0.3) is 0 Å². The van der Waals surface area contributed by atoms with Crippen LogP contribution in [-0.2, 0) is 9.53 Å². The zero-order valence-electron chi connectivity index (χ0n) is 9.38. The Labute approximate surface area is 86.2 Å². The van der Waals surface area contributed by atoms with Gasteiger partial charge in [-0.05, 0) is 37.6 Å². The average Bonchev–Trinajstić information content (AvgIpc) is 2.17. The molecule has 1 N–H and O–H groups in total. The molecule has 2 unspecified atom stereocenters. The zero-order valence-corrected chi connectivity index (χ0v) is 9.38. The first-order valence-corrected chi connectivity index (χ1v) is 5.44. The molecule has 1 rings (SSSR count). The van der Waals surface area contributed by atoms with Gasteiger partial charge in [-0.3, -0.25) is 4.79 Å². The van der Waals surface area contributed by atoms with Crippen LogP contribution in [0.1, 0.15) is 33.1 Å². The predicted molar refractivity (Wildman–Crippen MR) is 56.0 cm³/mol. The minimum Gasteiger partial charge on any atom is -0.468 e. The van der Waals surface area contributed by atoms with Crippen LogP contribution in [0.5, 0.6) is 0 Å². The maximum atomic E-state index is 11.2. The predicted octanol–water partition coefficient (Wildman–Crippen LogP) is 1.57. The molecule has 3 nitrogen and oxygen atoms in total. The van der Waals surface area contributed by atoms with Crippen LogP contribution in [-0.4, -0.2) is 25.7 Å². The largest absolute Gasteiger partial charge is 0.468 e. The summed E-state index contributed by atoms with van der Waals surface area (Å²) in [5.41, 5.74) is 0. The summed E-state index contributed by atoms with van der Waals surface area (Å²) in [6, 6.07) is -0.0663. The average molecular weight is 199 g/mol. The Balaban J connectivity index is 2.27. The lowest BCUT2D eigenvalue weighted by atomic mass is 9.88. The smallest absolute Gasteiger partial charge is 0.322 e. The third kappa shape index (κ3) is 3.29. The van der Waals surface area contributed by atoms with Crippen molar-refractivity contribution in [3.05, 3.63) is 0 Å². The van der Waals surface area contributed by atoms with Crippen LogP contribution >= 0.6 is 0 Å². The topological polar surface area (TPSA) is 38.3 Å². The number of hydrogen-bond acceptors (Lipinski definition) is 3. The van der Waals surface area contributed by atoms with E-state index in [9.17, 15) is 4.79 Å². The number of nitrogens with one attached hydrogen (secondary N) is 1. The Morgan fingerprint density at radius 2 is 2.21 bits per heavy atom. The third-order valence-corrected chi connectivity index (χ3v) is 2.81.